The van der Waals surface area contributed by atoms with E-state index in [-0.39, 0.29) is 17.3 Å². The second-order valence-electron chi connectivity index (χ2n) is 6.36. The minimum absolute atomic E-state index is 0.0533. The number of sulfonamides is 1. The molecule has 8 nitrogen and oxygen atoms in total. The van der Waals surface area contributed by atoms with Crippen LogP contribution in [0.4, 0.5) is 5.69 Å². The van der Waals surface area contributed by atoms with Crippen LogP contribution in [-0.4, -0.2) is 27.4 Å². The number of furan rings is 1. The highest BCUT2D eigenvalue weighted by molar-refractivity contribution is 7.89. The molecule has 0 unspecified atom stereocenters. The number of nitrogens with one attached hydrogen (secondary N) is 2. The van der Waals surface area contributed by atoms with E-state index >= 15 is 0 Å². The minimum Gasteiger partial charge on any atom is -0.468 e. The lowest BCUT2D eigenvalue weighted by Crippen LogP contribution is -2.22. The molecule has 0 aliphatic heterocycles. The first-order chi connectivity index (χ1) is 14.9. The third-order valence-electron chi connectivity index (χ3n) is 4.21. The van der Waals surface area contributed by atoms with Crippen LogP contribution in [0.15, 0.2) is 82.3 Å². The molecule has 160 valence electrons. The van der Waals surface area contributed by atoms with Crippen molar-refractivity contribution in [1.82, 2.24) is 4.72 Å². The van der Waals surface area contributed by atoms with E-state index in [0.29, 0.717) is 22.6 Å². The van der Waals surface area contributed by atoms with Crippen LogP contribution in [0.5, 0.6) is 0 Å². The van der Waals surface area contributed by atoms with Crippen molar-refractivity contribution >= 4 is 33.7 Å². The molecule has 0 fully saturated rings. The molecule has 0 saturated heterocycles. The fraction of sp³-hybridized carbons (Fsp3) is 0.0909. The maximum absolute atomic E-state index is 12.3. The molecule has 2 aromatic carbocycles. The van der Waals surface area contributed by atoms with Crippen LogP contribution in [0.25, 0.3) is 6.08 Å². The van der Waals surface area contributed by atoms with E-state index in [9.17, 15) is 18.0 Å². The molecule has 0 aliphatic carbocycles. The van der Waals surface area contributed by atoms with Gasteiger partial charge in [0.15, 0.2) is 0 Å². The first kappa shape index (κ1) is 22.0. The van der Waals surface area contributed by atoms with Gasteiger partial charge in [-0.15, -0.1) is 0 Å². The average Bonchev–Trinajstić information content (AvgIpc) is 3.30. The minimum atomic E-state index is -3.68. The Morgan fingerprint density at radius 3 is 2.35 bits per heavy atom. The molecular formula is C22H20N2O6S. The number of methoxy groups -OCH3 is 1. The van der Waals surface area contributed by atoms with E-state index in [0.717, 1.165) is 0 Å². The predicted octanol–water partition coefficient (Wildman–Crippen LogP) is 3.20. The molecule has 0 saturated carbocycles. The van der Waals surface area contributed by atoms with Crippen molar-refractivity contribution in [3.05, 3.63) is 89.9 Å². The van der Waals surface area contributed by atoms with Gasteiger partial charge >= 0.3 is 5.97 Å². The number of anilines is 1. The number of esters is 1. The summed E-state index contributed by atoms with van der Waals surface area (Å²) in [6, 6.07) is 15.7. The number of amides is 1. The summed E-state index contributed by atoms with van der Waals surface area (Å²) in [6.07, 6.45) is 4.36. The highest BCUT2D eigenvalue weighted by Crippen LogP contribution is 2.14. The topological polar surface area (TPSA) is 115 Å². The molecule has 0 atom stereocenters. The Labute approximate surface area is 179 Å². The number of hydrogen-bond acceptors (Lipinski definition) is 6. The standard InChI is InChI=1S/C22H20N2O6S/c1-29-22(26)17-7-9-18(10-8-17)24-21(25)13-6-16-4-11-20(12-5-16)31(27,28)23-15-19-3-2-14-30-19/h2-14,23H,15H2,1H3,(H,24,25). The molecule has 0 spiro atoms. The zero-order valence-corrected chi connectivity index (χ0v) is 17.4. The maximum atomic E-state index is 12.3. The van der Waals surface area contributed by atoms with E-state index in [1.54, 1.807) is 54.6 Å². The first-order valence-electron chi connectivity index (χ1n) is 9.17. The SMILES string of the molecule is COC(=O)c1ccc(NC(=O)C=Cc2ccc(S(=O)(=O)NCc3ccco3)cc2)cc1. The van der Waals surface area contributed by atoms with E-state index in [1.165, 1.54) is 31.6 Å². The Balaban J connectivity index is 1.57. The molecule has 31 heavy (non-hydrogen) atoms. The maximum Gasteiger partial charge on any atom is 0.337 e. The fourth-order valence-electron chi connectivity index (χ4n) is 2.58. The van der Waals surface area contributed by atoms with Crippen molar-refractivity contribution in [2.24, 2.45) is 0 Å². The van der Waals surface area contributed by atoms with Gasteiger partial charge in [0, 0.05) is 11.8 Å². The fourth-order valence-corrected chi connectivity index (χ4v) is 3.58. The second kappa shape index (κ2) is 9.88. The van der Waals surface area contributed by atoms with Crippen LogP contribution < -0.4 is 10.0 Å². The lowest BCUT2D eigenvalue weighted by atomic mass is 10.2. The molecule has 1 heterocycles. The number of hydrogen-bond donors (Lipinski definition) is 2. The normalized spacial score (nSPS) is 11.4. The summed E-state index contributed by atoms with van der Waals surface area (Å²) in [5.41, 5.74) is 1.55. The molecule has 0 aliphatic rings. The molecule has 3 rings (SSSR count). The monoisotopic (exact) mass is 440 g/mol. The van der Waals surface area contributed by atoms with Gasteiger partial charge in [-0.05, 0) is 60.2 Å². The van der Waals surface area contributed by atoms with Crippen molar-refractivity contribution in [3.63, 3.8) is 0 Å². The van der Waals surface area contributed by atoms with Gasteiger partial charge in [0.1, 0.15) is 5.76 Å². The van der Waals surface area contributed by atoms with Gasteiger partial charge in [-0.3, -0.25) is 4.79 Å². The van der Waals surface area contributed by atoms with Gasteiger partial charge < -0.3 is 14.5 Å². The Kier molecular flexibility index (Phi) is 7.01. The molecular weight excluding hydrogens is 420 g/mol. The molecule has 2 N–H and O–H groups in total. The molecule has 1 aromatic heterocycles. The summed E-state index contributed by atoms with van der Waals surface area (Å²) in [5, 5.41) is 2.67. The lowest BCUT2D eigenvalue weighted by molar-refractivity contribution is -0.111. The predicted molar refractivity (Wildman–Crippen MR) is 115 cm³/mol. The Morgan fingerprint density at radius 2 is 1.74 bits per heavy atom. The number of ether oxygens (including phenoxy) is 1. The smallest absolute Gasteiger partial charge is 0.337 e. The quantitative estimate of drug-likeness (QED) is 0.411. The van der Waals surface area contributed by atoms with Gasteiger partial charge in [-0.25, -0.2) is 17.9 Å². The van der Waals surface area contributed by atoms with Crippen molar-refractivity contribution in [1.29, 1.82) is 0 Å². The van der Waals surface area contributed by atoms with Gasteiger partial charge in [0.2, 0.25) is 15.9 Å². The molecule has 0 bridgehead atoms. The van der Waals surface area contributed by atoms with Crippen molar-refractivity contribution < 1.29 is 27.2 Å². The van der Waals surface area contributed by atoms with Gasteiger partial charge in [-0.1, -0.05) is 12.1 Å². The average molecular weight is 440 g/mol. The Bertz CT molecular complexity index is 1170. The first-order valence-corrected chi connectivity index (χ1v) is 10.7. The van der Waals surface area contributed by atoms with Crippen molar-refractivity contribution in [2.75, 3.05) is 12.4 Å². The summed E-state index contributed by atoms with van der Waals surface area (Å²) in [5.74, 6) is -0.323. The van der Waals surface area contributed by atoms with Gasteiger partial charge in [-0.2, -0.15) is 0 Å². The number of carbonyl (C=O) groups is 2. The van der Waals surface area contributed by atoms with E-state index < -0.39 is 16.0 Å². The molecule has 3 aromatic rings. The number of rotatable bonds is 8. The molecule has 9 heteroatoms. The van der Waals surface area contributed by atoms with Crippen LogP contribution in [0.2, 0.25) is 0 Å². The summed E-state index contributed by atoms with van der Waals surface area (Å²) in [4.78, 5) is 23.6. The van der Waals surface area contributed by atoms with E-state index in [1.807, 2.05) is 0 Å². The van der Waals surface area contributed by atoms with Crippen LogP contribution in [0.3, 0.4) is 0 Å². The zero-order valence-electron chi connectivity index (χ0n) is 16.6. The highest BCUT2D eigenvalue weighted by atomic mass is 32.2. The summed E-state index contributed by atoms with van der Waals surface area (Å²) >= 11 is 0. The third-order valence-corrected chi connectivity index (χ3v) is 5.62. The lowest BCUT2D eigenvalue weighted by Gasteiger charge is -2.06. The van der Waals surface area contributed by atoms with Crippen molar-refractivity contribution in [3.8, 4) is 0 Å². The summed E-state index contributed by atoms with van der Waals surface area (Å²) < 4.78 is 36.8. The highest BCUT2D eigenvalue weighted by Gasteiger charge is 2.14. The van der Waals surface area contributed by atoms with Crippen LogP contribution in [0, 0.1) is 0 Å². The van der Waals surface area contributed by atoms with Crippen molar-refractivity contribution in [2.45, 2.75) is 11.4 Å². The molecule has 1 amide bonds. The van der Waals surface area contributed by atoms with Gasteiger partial charge in [0.05, 0.1) is 30.4 Å². The Hall–Kier alpha value is -3.69. The van der Waals surface area contributed by atoms with E-state index in [4.69, 9.17) is 4.42 Å². The van der Waals surface area contributed by atoms with Crippen LogP contribution >= 0.6 is 0 Å². The summed E-state index contributed by atoms with van der Waals surface area (Å²) in [7, 11) is -2.39. The van der Waals surface area contributed by atoms with Crippen LogP contribution in [0.1, 0.15) is 21.7 Å². The zero-order chi connectivity index (χ0) is 22.3. The van der Waals surface area contributed by atoms with Crippen LogP contribution in [-0.2, 0) is 26.1 Å². The molecule has 0 radical (unpaired) electrons. The third kappa shape index (κ3) is 6.14. The summed E-state index contributed by atoms with van der Waals surface area (Å²) in [6.45, 7) is 0.0533. The largest absolute Gasteiger partial charge is 0.468 e. The number of carbonyl (C=O) groups excluding carboxylic acids is 2. The second-order valence-corrected chi connectivity index (χ2v) is 8.13. The Morgan fingerprint density at radius 1 is 1.03 bits per heavy atom. The van der Waals surface area contributed by atoms with Gasteiger partial charge in [0.25, 0.3) is 0 Å². The number of benzene rings is 2. The van der Waals surface area contributed by atoms with E-state index in [2.05, 4.69) is 14.8 Å².